The summed E-state index contributed by atoms with van der Waals surface area (Å²) in [5.41, 5.74) is 1.20. The molecule has 2 rings (SSSR count). The van der Waals surface area contributed by atoms with Crippen LogP contribution in [0.3, 0.4) is 0 Å². The van der Waals surface area contributed by atoms with Gasteiger partial charge in [0.25, 0.3) is 5.91 Å². The Labute approximate surface area is 140 Å². The quantitative estimate of drug-likeness (QED) is 0.723. The number of benzene rings is 1. The molecule has 128 valence electrons. The number of methoxy groups -OCH3 is 1. The molecule has 0 saturated heterocycles. The number of ether oxygens (including phenoxy) is 1. The van der Waals surface area contributed by atoms with Gasteiger partial charge in [0.2, 0.25) is 0 Å². The van der Waals surface area contributed by atoms with E-state index in [0.717, 1.165) is 11.3 Å². The second-order valence-electron chi connectivity index (χ2n) is 6.13. The van der Waals surface area contributed by atoms with Crippen LogP contribution in [0.25, 0.3) is 11.3 Å². The van der Waals surface area contributed by atoms with Crippen LogP contribution in [0.5, 0.6) is 5.75 Å². The minimum Gasteiger partial charge on any atom is -0.497 e. The van der Waals surface area contributed by atoms with E-state index in [-0.39, 0.29) is 12.3 Å². The van der Waals surface area contributed by atoms with Crippen molar-refractivity contribution in [2.45, 2.75) is 32.2 Å². The lowest BCUT2D eigenvalue weighted by Gasteiger charge is -2.25. The number of nitrogens with zero attached hydrogens (tertiary/aromatic N) is 1. The van der Waals surface area contributed by atoms with E-state index < -0.39 is 11.5 Å². The number of carbonyl (C=O) groups excluding carboxylic acids is 1. The molecule has 24 heavy (non-hydrogen) atoms. The highest BCUT2D eigenvalue weighted by molar-refractivity contribution is 5.93. The largest absolute Gasteiger partial charge is 0.497 e. The molecule has 0 aliphatic carbocycles. The topological polar surface area (TPSA) is 104 Å². The molecule has 0 aliphatic heterocycles. The summed E-state index contributed by atoms with van der Waals surface area (Å²) in [6.07, 6.45) is 0.334. The molecule has 1 heterocycles. The van der Waals surface area contributed by atoms with E-state index in [1.807, 2.05) is 24.3 Å². The molecule has 0 spiro atoms. The number of nitrogens with one attached hydrogen (secondary N) is 2. The van der Waals surface area contributed by atoms with Crippen molar-refractivity contribution in [2.75, 3.05) is 7.11 Å². The maximum absolute atomic E-state index is 12.3. The molecule has 0 saturated carbocycles. The summed E-state index contributed by atoms with van der Waals surface area (Å²) in [7, 11) is 1.60. The van der Waals surface area contributed by atoms with Crippen molar-refractivity contribution in [3.63, 3.8) is 0 Å². The third-order valence-electron chi connectivity index (χ3n) is 3.62. The Kier molecular flexibility index (Phi) is 5.23. The summed E-state index contributed by atoms with van der Waals surface area (Å²) in [6.45, 7) is 3.57. The Morgan fingerprint density at radius 3 is 2.54 bits per heavy atom. The Hall–Kier alpha value is -2.83. The van der Waals surface area contributed by atoms with Crippen LogP contribution < -0.4 is 10.1 Å². The SMILES string of the molecule is COc1ccc(-c2cc(C(=O)NC(C)(C)CCC(=O)O)[nH]n2)cc1. The first-order valence-electron chi connectivity index (χ1n) is 7.55. The number of H-pyrrole nitrogens is 1. The minimum absolute atomic E-state index is 0.00659. The molecule has 1 aromatic carbocycles. The van der Waals surface area contributed by atoms with Gasteiger partial charge in [-0.05, 0) is 50.6 Å². The lowest BCUT2D eigenvalue weighted by atomic mass is 9.98. The second kappa shape index (κ2) is 7.16. The molecule has 3 N–H and O–H groups in total. The maximum Gasteiger partial charge on any atom is 0.303 e. The zero-order valence-corrected chi connectivity index (χ0v) is 13.9. The van der Waals surface area contributed by atoms with Crippen molar-refractivity contribution in [1.29, 1.82) is 0 Å². The molecule has 0 radical (unpaired) electrons. The van der Waals surface area contributed by atoms with Gasteiger partial charge in [0, 0.05) is 17.5 Å². The number of rotatable bonds is 7. The third kappa shape index (κ3) is 4.58. The number of aromatic nitrogens is 2. The zero-order chi connectivity index (χ0) is 17.7. The van der Waals surface area contributed by atoms with Crippen molar-refractivity contribution in [1.82, 2.24) is 15.5 Å². The molecule has 0 fully saturated rings. The van der Waals surface area contributed by atoms with E-state index in [4.69, 9.17) is 9.84 Å². The first kappa shape index (κ1) is 17.5. The first-order chi connectivity index (χ1) is 11.3. The number of hydrogen-bond acceptors (Lipinski definition) is 4. The van der Waals surface area contributed by atoms with Crippen LogP contribution in [0.15, 0.2) is 30.3 Å². The highest BCUT2D eigenvalue weighted by Crippen LogP contribution is 2.21. The van der Waals surface area contributed by atoms with Crippen molar-refractivity contribution in [2.24, 2.45) is 0 Å². The van der Waals surface area contributed by atoms with Gasteiger partial charge in [-0.15, -0.1) is 0 Å². The van der Waals surface area contributed by atoms with Crippen LogP contribution in [0, 0.1) is 0 Å². The zero-order valence-electron chi connectivity index (χ0n) is 13.9. The van der Waals surface area contributed by atoms with Crippen molar-refractivity contribution in [3.8, 4) is 17.0 Å². The average molecular weight is 331 g/mol. The number of aromatic amines is 1. The monoisotopic (exact) mass is 331 g/mol. The van der Waals surface area contributed by atoms with E-state index in [9.17, 15) is 9.59 Å². The van der Waals surface area contributed by atoms with E-state index in [0.29, 0.717) is 17.8 Å². The van der Waals surface area contributed by atoms with Gasteiger partial charge in [-0.2, -0.15) is 5.10 Å². The highest BCUT2D eigenvalue weighted by Gasteiger charge is 2.23. The second-order valence-corrected chi connectivity index (χ2v) is 6.13. The van der Waals surface area contributed by atoms with E-state index >= 15 is 0 Å². The molecule has 1 amide bonds. The summed E-state index contributed by atoms with van der Waals surface area (Å²) >= 11 is 0. The van der Waals surface area contributed by atoms with Gasteiger partial charge in [0.05, 0.1) is 12.8 Å². The minimum atomic E-state index is -0.888. The molecule has 7 heteroatoms. The van der Waals surface area contributed by atoms with Gasteiger partial charge in [-0.3, -0.25) is 14.7 Å². The molecule has 0 bridgehead atoms. The third-order valence-corrected chi connectivity index (χ3v) is 3.62. The lowest BCUT2D eigenvalue weighted by Crippen LogP contribution is -2.43. The Morgan fingerprint density at radius 1 is 1.29 bits per heavy atom. The van der Waals surface area contributed by atoms with Gasteiger partial charge in [-0.25, -0.2) is 0 Å². The van der Waals surface area contributed by atoms with Crippen molar-refractivity contribution < 1.29 is 19.4 Å². The summed E-state index contributed by atoms with van der Waals surface area (Å²) < 4.78 is 5.11. The number of aliphatic carboxylic acids is 1. The number of carboxylic acid groups (broad SMARTS) is 1. The summed E-state index contributed by atoms with van der Waals surface area (Å²) in [4.78, 5) is 23.0. The predicted octanol–water partition coefficient (Wildman–Crippen LogP) is 2.46. The van der Waals surface area contributed by atoms with Crippen LogP contribution in [0.2, 0.25) is 0 Å². The lowest BCUT2D eigenvalue weighted by molar-refractivity contribution is -0.137. The number of amides is 1. The summed E-state index contributed by atoms with van der Waals surface area (Å²) in [6, 6.07) is 9.00. The normalized spacial score (nSPS) is 11.1. The van der Waals surface area contributed by atoms with Crippen molar-refractivity contribution in [3.05, 3.63) is 36.0 Å². The van der Waals surface area contributed by atoms with E-state index in [1.165, 1.54) is 0 Å². The van der Waals surface area contributed by atoms with Crippen LogP contribution in [-0.4, -0.2) is 39.8 Å². The fourth-order valence-corrected chi connectivity index (χ4v) is 2.20. The van der Waals surface area contributed by atoms with E-state index in [1.54, 1.807) is 27.0 Å². The smallest absolute Gasteiger partial charge is 0.303 e. The van der Waals surface area contributed by atoms with Gasteiger partial charge in [0.1, 0.15) is 11.4 Å². The van der Waals surface area contributed by atoms with Crippen molar-refractivity contribution >= 4 is 11.9 Å². The molecular formula is C17H21N3O4. The highest BCUT2D eigenvalue weighted by atomic mass is 16.5. The maximum atomic E-state index is 12.3. The standard InChI is InChI=1S/C17H21N3O4/c1-17(2,9-8-15(21)22)18-16(23)14-10-13(19-20-14)11-4-6-12(24-3)7-5-11/h4-7,10H,8-9H2,1-3H3,(H,18,23)(H,19,20)(H,21,22). The number of carbonyl (C=O) groups is 2. The van der Waals surface area contributed by atoms with Gasteiger partial charge in [-0.1, -0.05) is 0 Å². The molecule has 0 atom stereocenters. The van der Waals surface area contributed by atoms with E-state index in [2.05, 4.69) is 15.5 Å². The molecule has 7 nitrogen and oxygen atoms in total. The molecule has 0 aliphatic rings. The predicted molar refractivity (Wildman–Crippen MR) is 89.0 cm³/mol. The molecule has 1 aromatic heterocycles. The Morgan fingerprint density at radius 2 is 1.96 bits per heavy atom. The average Bonchev–Trinajstić information content (AvgIpc) is 3.03. The molecule has 0 unspecified atom stereocenters. The van der Waals surface area contributed by atoms with Crippen LogP contribution >= 0.6 is 0 Å². The Balaban J connectivity index is 2.06. The van der Waals surface area contributed by atoms with Gasteiger partial charge >= 0.3 is 5.97 Å². The molecular weight excluding hydrogens is 310 g/mol. The summed E-state index contributed by atoms with van der Waals surface area (Å²) in [5.74, 6) is -0.467. The van der Waals surface area contributed by atoms with Crippen LogP contribution in [0.1, 0.15) is 37.2 Å². The van der Waals surface area contributed by atoms with Crippen LogP contribution in [-0.2, 0) is 4.79 Å². The van der Waals surface area contributed by atoms with Crippen LogP contribution in [0.4, 0.5) is 0 Å². The Bertz CT molecular complexity index is 720. The number of carboxylic acids is 1. The fraction of sp³-hybridized carbons (Fsp3) is 0.353. The number of hydrogen-bond donors (Lipinski definition) is 3. The van der Waals surface area contributed by atoms with Gasteiger partial charge in [0.15, 0.2) is 0 Å². The first-order valence-corrected chi connectivity index (χ1v) is 7.55. The summed E-state index contributed by atoms with van der Waals surface area (Å²) in [5, 5.41) is 18.4. The molecule has 2 aromatic rings. The van der Waals surface area contributed by atoms with Gasteiger partial charge < -0.3 is 15.2 Å². The fourth-order valence-electron chi connectivity index (χ4n) is 2.20.